The van der Waals surface area contributed by atoms with E-state index in [1.807, 2.05) is 0 Å². The normalized spacial score (nSPS) is 10.1. The molecule has 0 saturated heterocycles. The zero-order valence-corrected chi connectivity index (χ0v) is 12.9. The van der Waals surface area contributed by atoms with Gasteiger partial charge in [0.05, 0.1) is 23.6 Å². The van der Waals surface area contributed by atoms with E-state index >= 15 is 0 Å². The van der Waals surface area contributed by atoms with Gasteiger partial charge in [0.25, 0.3) is 0 Å². The molecule has 2 aromatic rings. The van der Waals surface area contributed by atoms with Crippen molar-refractivity contribution in [1.29, 1.82) is 0 Å². The van der Waals surface area contributed by atoms with E-state index in [9.17, 15) is 9.59 Å². The summed E-state index contributed by atoms with van der Waals surface area (Å²) in [4.78, 5) is 35.2. The number of hydrogen-bond acceptors (Lipinski definition) is 6. The Bertz CT molecular complexity index is 704. The molecule has 114 valence electrons. The number of amides is 1. The number of carbonyl (C=O) groups is 2. The quantitative estimate of drug-likeness (QED) is 0.857. The van der Waals surface area contributed by atoms with E-state index in [1.54, 1.807) is 0 Å². The number of pyridine rings is 1. The van der Waals surface area contributed by atoms with Gasteiger partial charge >= 0.3 is 5.97 Å². The lowest BCUT2D eigenvalue weighted by atomic mass is 10.2. The zero-order chi connectivity index (χ0) is 16.1. The van der Waals surface area contributed by atoms with Crippen LogP contribution in [0.3, 0.4) is 0 Å². The molecule has 0 aliphatic heterocycles. The predicted octanol–water partition coefficient (Wildman–Crippen LogP) is 2.15. The average molecular weight is 341 g/mol. The Hall–Kier alpha value is -2.25. The van der Waals surface area contributed by atoms with Gasteiger partial charge < -0.3 is 10.1 Å². The molecule has 9 heteroatoms. The highest BCUT2D eigenvalue weighted by molar-refractivity contribution is 6.36. The fraction of sp³-hybridized carbons (Fsp3) is 0.154. The molecule has 0 aliphatic carbocycles. The standard InChI is InChI=1S/C13H10Cl2N4O3/c1-22-13(21)11-12(18-3-2-17-11)19-10(20)4-7-8(14)5-16-6-9(7)15/h2-3,5-6H,4H2,1H3,(H,18,19,20). The van der Waals surface area contributed by atoms with E-state index in [2.05, 4.69) is 25.0 Å². The molecule has 1 amide bonds. The van der Waals surface area contributed by atoms with Crippen molar-refractivity contribution in [1.82, 2.24) is 15.0 Å². The Kier molecular flexibility index (Phi) is 5.24. The number of methoxy groups -OCH3 is 1. The number of aromatic nitrogens is 3. The van der Waals surface area contributed by atoms with E-state index in [0.717, 1.165) is 0 Å². The Labute approximate surface area is 135 Å². The van der Waals surface area contributed by atoms with Crippen molar-refractivity contribution in [3.63, 3.8) is 0 Å². The molecule has 0 unspecified atom stereocenters. The van der Waals surface area contributed by atoms with Crippen molar-refractivity contribution >= 4 is 40.9 Å². The molecule has 0 radical (unpaired) electrons. The summed E-state index contributed by atoms with van der Waals surface area (Å²) in [6.07, 6.45) is 5.33. The molecule has 1 N–H and O–H groups in total. The van der Waals surface area contributed by atoms with Crippen LogP contribution in [0.2, 0.25) is 10.0 Å². The minimum Gasteiger partial charge on any atom is -0.464 e. The van der Waals surface area contributed by atoms with Crippen molar-refractivity contribution in [3.8, 4) is 0 Å². The highest BCUT2D eigenvalue weighted by Crippen LogP contribution is 2.23. The molecular weight excluding hydrogens is 331 g/mol. The largest absolute Gasteiger partial charge is 0.464 e. The average Bonchev–Trinajstić information content (AvgIpc) is 2.51. The van der Waals surface area contributed by atoms with Crippen LogP contribution in [0.4, 0.5) is 5.82 Å². The maximum Gasteiger partial charge on any atom is 0.360 e. The first-order valence-electron chi connectivity index (χ1n) is 6.00. The molecule has 0 saturated carbocycles. The van der Waals surface area contributed by atoms with Crippen molar-refractivity contribution in [2.45, 2.75) is 6.42 Å². The van der Waals surface area contributed by atoms with Gasteiger partial charge in [0.2, 0.25) is 5.91 Å². The first-order chi connectivity index (χ1) is 10.5. The molecule has 0 aliphatic rings. The van der Waals surface area contributed by atoms with Gasteiger partial charge in [0.15, 0.2) is 11.5 Å². The molecule has 2 aromatic heterocycles. The minimum absolute atomic E-state index is 0.000603. The Morgan fingerprint density at radius 1 is 1.18 bits per heavy atom. The molecule has 0 fully saturated rings. The lowest BCUT2D eigenvalue weighted by Gasteiger charge is -2.09. The van der Waals surface area contributed by atoms with E-state index in [0.29, 0.717) is 5.56 Å². The summed E-state index contributed by atoms with van der Waals surface area (Å²) in [5.74, 6) is -1.16. The number of anilines is 1. The lowest BCUT2D eigenvalue weighted by Crippen LogP contribution is -2.19. The smallest absolute Gasteiger partial charge is 0.360 e. The second-order valence-corrected chi connectivity index (χ2v) is 4.87. The molecule has 0 bridgehead atoms. The first-order valence-corrected chi connectivity index (χ1v) is 6.75. The van der Waals surface area contributed by atoms with Gasteiger partial charge in [-0.1, -0.05) is 23.2 Å². The number of ether oxygens (including phenoxy) is 1. The fourth-order valence-corrected chi connectivity index (χ4v) is 2.12. The van der Waals surface area contributed by atoms with Crippen molar-refractivity contribution in [3.05, 3.63) is 46.1 Å². The summed E-state index contributed by atoms with van der Waals surface area (Å²) in [5.41, 5.74) is 0.338. The van der Waals surface area contributed by atoms with Crippen LogP contribution in [0.15, 0.2) is 24.8 Å². The SMILES string of the molecule is COC(=O)c1nccnc1NC(=O)Cc1c(Cl)cncc1Cl. The molecule has 22 heavy (non-hydrogen) atoms. The molecule has 2 rings (SSSR count). The number of carbonyl (C=O) groups excluding carboxylic acids is 2. The lowest BCUT2D eigenvalue weighted by molar-refractivity contribution is -0.115. The Morgan fingerprint density at radius 3 is 2.45 bits per heavy atom. The van der Waals surface area contributed by atoms with Crippen LogP contribution in [0.5, 0.6) is 0 Å². The minimum atomic E-state index is -0.705. The second-order valence-electron chi connectivity index (χ2n) is 4.05. The van der Waals surface area contributed by atoms with Crippen molar-refractivity contribution in [2.75, 3.05) is 12.4 Å². The molecule has 2 heterocycles. The molecule has 0 aromatic carbocycles. The van der Waals surface area contributed by atoms with Gasteiger partial charge in [0.1, 0.15) is 0 Å². The Morgan fingerprint density at radius 2 is 1.82 bits per heavy atom. The van der Waals surface area contributed by atoms with E-state index in [-0.39, 0.29) is 28.0 Å². The van der Waals surface area contributed by atoms with Crippen molar-refractivity contribution < 1.29 is 14.3 Å². The number of esters is 1. The summed E-state index contributed by atoms with van der Waals surface area (Å²) >= 11 is 11.9. The fourth-order valence-electron chi connectivity index (χ4n) is 1.62. The molecule has 7 nitrogen and oxygen atoms in total. The summed E-state index contributed by atoms with van der Waals surface area (Å²) < 4.78 is 4.57. The molecular formula is C13H10Cl2N4O3. The van der Waals surface area contributed by atoms with E-state index in [4.69, 9.17) is 23.2 Å². The third kappa shape index (κ3) is 3.69. The molecule has 0 atom stereocenters. The van der Waals surface area contributed by atoms with Crippen LogP contribution in [-0.2, 0) is 16.0 Å². The van der Waals surface area contributed by atoms with Gasteiger partial charge in [-0.3, -0.25) is 9.78 Å². The van der Waals surface area contributed by atoms with Crippen molar-refractivity contribution in [2.24, 2.45) is 0 Å². The number of nitrogens with one attached hydrogen (secondary N) is 1. The zero-order valence-electron chi connectivity index (χ0n) is 11.3. The summed E-state index contributed by atoms with van der Waals surface area (Å²) in [6.45, 7) is 0. The van der Waals surface area contributed by atoms with Crippen LogP contribution in [0.1, 0.15) is 16.1 Å². The monoisotopic (exact) mass is 340 g/mol. The maximum absolute atomic E-state index is 12.1. The Balaban J connectivity index is 2.18. The van der Waals surface area contributed by atoms with Crippen LogP contribution in [0.25, 0.3) is 0 Å². The number of rotatable bonds is 4. The van der Waals surface area contributed by atoms with Gasteiger partial charge in [-0.2, -0.15) is 0 Å². The van der Waals surface area contributed by atoms with Gasteiger partial charge in [-0.15, -0.1) is 0 Å². The topological polar surface area (TPSA) is 94.1 Å². The maximum atomic E-state index is 12.1. The van der Waals surface area contributed by atoms with E-state index < -0.39 is 11.9 Å². The number of halogens is 2. The third-order valence-electron chi connectivity index (χ3n) is 2.62. The van der Waals surface area contributed by atoms with Crippen LogP contribution >= 0.6 is 23.2 Å². The predicted molar refractivity (Wildman–Crippen MR) is 80.0 cm³/mol. The van der Waals surface area contributed by atoms with Gasteiger partial charge in [0, 0.05) is 30.4 Å². The van der Waals surface area contributed by atoms with Crippen LogP contribution in [-0.4, -0.2) is 33.9 Å². The highest BCUT2D eigenvalue weighted by Gasteiger charge is 2.18. The number of hydrogen-bond donors (Lipinski definition) is 1. The van der Waals surface area contributed by atoms with E-state index in [1.165, 1.54) is 31.9 Å². The number of nitrogens with zero attached hydrogens (tertiary/aromatic N) is 3. The second kappa shape index (κ2) is 7.15. The van der Waals surface area contributed by atoms with Gasteiger partial charge in [-0.05, 0) is 0 Å². The molecule has 0 spiro atoms. The summed E-state index contributed by atoms with van der Waals surface area (Å²) in [7, 11) is 1.21. The van der Waals surface area contributed by atoms with Crippen LogP contribution in [0, 0.1) is 0 Å². The third-order valence-corrected chi connectivity index (χ3v) is 3.28. The highest BCUT2D eigenvalue weighted by atomic mass is 35.5. The summed E-state index contributed by atoms with van der Waals surface area (Å²) in [6, 6.07) is 0. The van der Waals surface area contributed by atoms with Gasteiger partial charge in [-0.25, -0.2) is 14.8 Å². The van der Waals surface area contributed by atoms with Crippen LogP contribution < -0.4 is 5.32 Å². The summed E-state index contributed by atoms with van der Waals surface area (Å²) in [5, 5.41) is 3.02. The first kappa shape index (κ1) is 16.1.